The number of hydrogen-bond donors (Lipinski definition) is 0. The Morgan fingerprint density at radius 3 is 1.81 bits per heavy atom. The molecule has 1 saturated carbocycles. The SMILES string of the molecule is CC(=O)[N-]c1cccc2cccnc12.CC1C(C)C(C)C(C)C1C.[CH3-].[Cl][Ir+2]. The number of hydrogen-bond acceptors (Lipinski definition) is 2. The number of carbonyl (C=O) groups is 1. The molecule has 0 aliphatic heterocycles. The predicted octanol–water partition coefficient (Wildman–Crippen LogP) is 7.10. The minimum atomic E-state index is -0.205. The number of aromatic nitrogens is 1. The van der Waals surface area contributed by atoms with Gasteiger partial charge in [-0.1, -0.05) is 58.9 Å². The summed E-state index contributed by atoms with van der Waals surface area (Å²) in [6.07, 6.45) is 1.70. The second-order valence-electron chi connectivity index (χ2n) is 7.28. The first-order valence-electron chi connectivity index (χ1n) is 9.01. The van der Waals surface area contributed by atoms with Gasteiger partial charge in [0.15, 0.2) is 0 Å². The van der Waals surface area contributed by atoms with Gasteiger partial charge in [-0.2, -0.15) is 0 Å². The van der Waals surface area contributed by atoms with Crippen molar-refractivity contribution in [2.75, 3.05) is 0 Å². The molecule has 1 fully saturated rings. The molecule has 3 rings (SSSR count). The molecule has 0 unspecified atom stereocenters. The fourth-order valence-corrected chi connectivity index (χ4v) is 3.74. The topological polar surface area (TPSA) is 44.1 Å². The van der Waals surface area contributed by atoms with E-state index >= 15 is 0 Å². The maximum atomic E-state index is 10.9. The number of carbonyl (C=O) groups excluding carboxylic acids is 1. The maximum absolute atomic E-state index is 10.9. The van der Waals surface area contributed by atoms with E-state index in [1.807, 2.05) is 24.3 Å². The van der Waals surface area contributed by atoms with Gasteiger partial charge in [-0.05, 0) is 48.0 Å². The molecule has 152 valence electrons. The van der Waals surface area contributed by atoms with Gasteiger partial charge in [-0.3, -0.25) is 4.98 Å². The van der Waals surface area contributed by atoms with Crippen LogP contribution >= 0.6 is 9.58 Å². The zero-order valence-electron chi connectivity index (χ0n) is 17.4. The van der Waals surface area contributed by atoms with E-state index in [4.69, 9.17) is 0 Å². The molecule has 2 aromatic rings. The molecule has 0 radical (unpaired) electrons. The number of para-hydroxylation sites is 1. The van der Waals surface area contributed by atoms with Crippen molar-refractivity contribution in [2.24, 2.45) is 29.6 Å². The number of amides is 1. The molecular weight excluding hydrogens is 536 g/mol. The molecule has 1 amide bonds. The first-order chi connectivity index (χ1) is 12.3. The van der Waals surface area contributed by atoms with Crippen LogP contribution in [0.15, 0.2) is 36.5 Å². The monoisotopic (exact) mass is 568 g/mol. The minimum absolute atomic E-state index is 0. The van der Waals surface area contributed by atoms with E-state index in [2.05, 4.69) is 54.5 Å². The van der Waals surface area contributed by atoms with E-state index in [0.717, 1.165) is 40.5 Å². The number of halogens is 1. The predicted molar refractivity (Wildman–Crippen MR) is 114 cm³/mol. The van der Waals surface area contributed by atoms with Gasteiger partial charge in [-0.15, -0.1) is 5.69 Å². The molecular formula is C22H32ClIrN2O. The van der Waals surface area contributed by atoms with Crippen molar-refractivity contribution in [2.45, 2.75) is 41.5 Å². The van der Waals surface area contributed by atoms with Crippen LogP contribution in [0, 0.1) is 37.0 Å². The van der Waals surface area contributed by atoms with Crippen LogP contribution in [0.5, 0.6) is 0 Å². The van der Waals surface area contributed by atoms with Crippen LogP contribution in [0.2, 0.25) is 0 Å². The van der Waals surface area contributed by atoms with E-state index < -0.39 is 0 Å². The summed E-state index contributed by atoms with van der Waals surface area (Å²) in [6, 6.07) is 9.41. The van der Waals surface area contributed by atoms with E-state index in [-0.39, 0.29) is 13.3 Å². The molecule has 1 aromatic carbocycles. The van der Waals surface area contributed by atoms with Crippen molar-refractivity contribution in [1.82, 2.24) is 4.98 Å². The zero-order chi connectivity index (χ0) is 19.9. The summed E-state index contributed by atoms with van der Waals surface area (Å²) in [5, 5.41) is 4.88. The van der Waals surface area contributed by atoms with Crippen LogP contribution < -0.4 is 0 Å². The van der Waals surface area contributed by atoms with Gasteiger partial charge in [0.05, 0.1) is 11.4 Å². The Labute approximate surface area is 179 Å². The van der Waals surface area contributed by atoms with Crippen LogP contribution in [0.25, 0.3) is 16.2 Å². The Kier molecular flexibility index (Phi) is 12.0. The molecule has 3 nitrogen and oxygen atoms in total. The molecule has 1 aliphatic carbocycles. The van der Waals surface area contributed by atoms with E-state index in [1.165, 1.54) is 24.8 Å². The summed E-state index contributed by atoms with van der Waals surface area (Å²) in [5.74, 6) is 4.47. The van der Waals surface area contributed by atoms with Crippen molar-refractivity contribution in [3.05, 3.63) is 49.3 Å². The van der Waals surface area contributed by atoms with Gasteiger partial charge >= 0.3 is 27.5 Å². The van der Waals surface area contributed by atoms with Gasteiger partial charge < -0.3 is 17.5 Å². The fourth-order valence-electron chi connectivity index (χ4n) is 3.74. The summed E-state index contributed by atoms with van der Waals surface area (Å²) in [5.41, 5.74) is 1.40. The first-order valence-corrected chi connectivity index (χ1v) is 12.0. The zero-order valence-corrected chi connectivity index (χ0v) is 20.5. The number of nitrogens with zero attached hydrogens (tertiary/aromatic N) is 2. The van der Waals surface area contributed by atoms with Crippen molar-refractivity contribution < 1.29 is 22.7 Å². The number of pyridine rings is 1. The molecule has 0 bridgehead atoms. The Balaban J connectivity index is 0.000000463. The third kappa shape index (κ3) is 6.85. The van der Waals surface area contributed by atoms with Crippen LogP contribution in [0.1, 0.15) is 41.5 Å². The molecule has 0 spiro atoms. The second-order valence-corrected chi connectivity index (χ2v) is 7.28. The van der Waals surface area contributed by atoms with Crippen molar-refractivity contribution in [1.29, 1.82) is 0 Å². The average molecular weight is 568 g/mol. The molecule has 0 atom stereocenters. The molecule has 27 heavy (non-hydrogen) atoms. The second kappa shape index (κ2) is 12.5. The van der Waals surface area contributed by atoms with Gasteiger partial charge in [-0.25, -0.2) is 0 Å². The summed E-state index contributed by atoms with van der Waals surface area (Å²) in [6.45, 7) is 13.4. The van der Waals surface area contributed by atoms with Crippen molar-refractivity contribution in [3.8, 4) is 0 Å². The number of benzene rings is 1. The standard InChI is InChI=1S/C11H10N2O.C10H20.CH3.ClH.Ir/c1-8(14)13-10-6-2-4-9-5-3-7-12-11(9)10;1-6-7(2)9(4)10(5)8(6)3;;;/h2-7H,1H3,(H,13,14);6-10H,1-5H3;1H3;1H;/q;;-1;;+3/p-2. The normalized spacial score (nSPS) is 26.0. The fraction of sp³-hybridized carbons (Fsp3) is 0.500. The van der Waals surface area contributed by atoms with Crippen LogP contribution in [0.4, 0.5) is 5.69 Å². The number of rotatable bonds is 1. The van der Waals surface area contributed by atoms with Crippen LogP contribution in [0.3, 0.4) is 0 Å². The first kappa shape index (κ1) is 26.0. The average Bonchev–Trinajstić information content (AvgIpc) is 2.82. The van der Waals surface area contributed by atoms with E-state index in [9.17, 15) is 4.79 Å². The molecule has 1 heterocycles. The van der Waals surface area contributed by atoms with Crippen molar-refractivity contribution >= 4 is 32.1 Å². The number of fused-ring (bicyclic) bond motifs is 1. The van der Waals surface area contributed by atoms with E-state index in [0.29, 0.717) is 5.69 Å². The van der Waals surface area contributed by atoms with Crippen LogP contribution in [-0.2, 0) is 22.7 Å². The van der Waals surface area contributed by atoms with Gasteiger partial charge in [0, 0.05) is 6.20 Å². The third-order valence-electron chi connectivity index (χ3n) is 6.04. The molecule has 1 aromatic heterocycles. The third-order valence-corrected chi connectivity index (χ3v) is 6.04. The summed E-state index contributed by atoms with van der Waals surface area (Å²) < 4.78 is 0. The Hall–Kier alpha value is -0.961. The van der Waals surface area contributed by atoms with E-state index in [1.54, 1.807) is 12.3 Å². The molecule has 1 aliphatic rings. The quantitative estimate of drug-likeness (QED) is 0.345. The molecule has 0 N–H and O–H groups in total. The Morgan fingerprint density at radius 1 is 0.926 bits per heavy atom. The summed E-state index contributed by atoms with van der Waals surface area (Å²) in [4.78, 5) is 15.1. The Morgan fingerprint density at radius 2 is 1.37 bits per heavy atom. The van der Waals surface area contributed by atoms with Gasteiger partial charge in [0.2, 0.25) is 0 Å². The summed E-state index contributed by atoms with van der Waals surface area (Å²) >= 11 is 1.47. The van der Waals surface area contributed by atoms with Crippen molar-refractivity contribution in [3.63, 3.8) is 0 Å². The van der Waals surface area contributed by atoms with Gasteiger partial charge in [0.1, 0.15) is 0 Å². The van der Waals surface area contributed by atoms with Crippen LogP contribution in [-0.4, -0.2) is 10.9 Å². The Bertz CT molecular complexity index is 659. The van der Waals surface area contributed by atoms with Gasteiger partial charge in [0.25, 0.3) is 0 Å². The molecule has 5 heteroatoms. The molecule has 0 saturated heterocycles. The summed E-state index contributed by atoms with van der Waals surface area (Å²) in [7, 11) is 4.64.